The molecule has 1 aliphatic rings. The van der Waals surface area contributed by atoms with Gasteiger partial charge in [-0.25, -0.2) is 0 Å². The zero-order valence-corrected chi connectivity index (χ0v) is 55.3. The van der Waals surface area contributed by atoms with Gasteiger partial charge in [-0.15, -0.1) is 0 Å². The number of carboxylic acid groups (broad SMARTS) is 1. The van der Waals surface area contributed by atoms with Crippen LogP contribution in [0.15, 0.2) is 0 Å². The van der Waals surface area contributed by atoms with E-state index in [0.717, 1.165) is 12.8 Å². The molecule has 0 spiro atoms. The molecule has 0 aromatic carbocycles. The molecular weight excluding hydrogens is 953 g/mol. The Labute approximate surface area is 430 Å². The Balaban J connectivity index is 3.95. The Kier molecular flexibility index (Phi) is 23.8. The zero-order valence-electron chi connectivity index (χ0n) is 50.3. The van der Waals surface area contributed by atoms with E-state index < -0.39 is 90.5 Å². The standard InChI is InChI=1S/C53H112O11Si5/c1-30-37(3)41(32-39(34-44(54)55)61-66(22,23)50(8,9)10)58-45(56)35-40(62-67(24,25)51(11,12)13)33-42(38(4)31-2)59-48-47(64-69(28,29)53(17,18)19)46(63-68(26,27)52(14,15)16)43(60-48)36-57-65(20,21)49(5,6)7/h37-43,46-48H,30-36H2,1-29H3,(H,54,55)/t37-,38-,39?,40-,41-,42-,43-,46?,47?,48+/m0/s1. The van der Waals surface area contributed by atoms with Crippen LogP contribution in [-0.2, 0) is 45.9 Å². The fraction of sp³-hybridized carbons (Fsp3) is 0.962. The number of hydrogen-bond acceptors (Lipinski definition) is 10. The molecule has 0 aromatic heterocycles. The minimum absolute atomic E-state index is 0.00354. The van der Waals surface area contributed by atoms with Crippen LogP contribution in [0.4, 0.5) is 0 Å². The number of carbonyl (C=O) groups excluding carboxylic acids is 1. The third-order valence-corrected chi connectivity index (χ3v) is 40.1. The monoisotopic (exact) mass is 1060 g/mol. The van der Waals surface area contributed by atoms with Crippen molar-refractivity contribution in [3.05, 3.63) is 0 Å². The van der Waals surface area contributed by atoms with Gasteiger partial charge in [0.25, 0.3) is 0 Å². The molecule has 1 aliphatic heterocycles. The van der Waals surface area contributed by atoms with Crippen LogP contribution in [-0.4, -0.2) is 114 Å². The van der Waals surface area contributed by atoms with E-state index in [1.54, 1.807) is 0 Å². The maximum absolute atomic E-state index is 14.5. The molecule has 1 saturated heterocycles. The molecule has 16 heteroatoms. The van der Waals surface area contributed by atoms with Crippen molar-refractivity contribution in [3.8, 4) is 0 Å². The first-order chi connectivity index (χ1) is 30.6. The van der Waals surface area contributed by atoms with Crippen molar-refractivity contribution in [1.82, 2.24) is 0 Å². The number of ether oxygens (including phenoxy) is 3. The van der Waals surface area contributed by atoms with Crippen LogP contribution in [0.25, 0.3) is 0 Å². The van der Waals surface area contributed by atoms with Gasteiger partial charge in [-0.05, 0) is 109 Å². The molecule has 0 aromatic rings. The summed E-state index contributed by atoms with van der Waals surface area (Å²) in [5.41, 5.74) is 0. The Morgan fingerprint density at radius 3 is 1.28 bits per heavy atom. The second kappa shape index (κ2) is 24.6. The van der Waals surface area contributed by atoms with Gasteiger partial charge < -0.3 is 41.4 Å². The van der Waals surface area contributed by atoms with Crippen LogP contribution in [0.1, 0.15) is 170 Å². The van der Waals surface area contributed by atoms with Gasteiger partial charge in [-0.2, -0.15) is 0 Å². The predicted molar refractivity (Wildman–Crippen MR) is 300 cm³/mol. The molecule has 1 heterocycles. The number of aliphatic carboxylic acids is 1. The Morgan fingerprint density at radius 1 is 0.536 bits per heavy atom. The smallest absolute Gasteiger partial charge is 0.308 e. The fourth-order valence-corrected chi connectivity index (χ4v) is 13.3. The molecular formula is C53H112O11Si5. The molecule has 0 radical (unpaired) electrons. The van der Waals surface area contributed by atoms with E-state index in [1.807, 2.05) is 0 Å². The van der Waals surface area contributed by atoms with E-state index in [0.29, 0.717) is 19.4 Å². The zero-order chi connectivity index (χ0) is 54.5. The van der Waals surface area contributed by atoms with Gasteiger partial charge in [0, 0.05) is 6.42 Å². The molecule has 10 atom stereocenters. The van der Waals surface area contributed by atoms with E-state index in [9.17, 15) is 14.7 Å². The summed E-state index contributed by atoms with van der Waals surface area (Å²) in [4.78, 5) is 26.7. The molecule has 69 heavy (non-hydrogen) atoms. The SMILES string of the molecule is CC[C@H](C)[C@H](CC(CC(=O)O)O[Si](C)(C)C(C)(C)C)OC(=O)C[C@H](C[C@H](O[C@@H]1O[C@@H](CO[Si](C)(C)C(C)(C)C)C(O[Si](C)(C)C(C)(C)C)C1O[Si](C)(C)C(C)(C)C)[C@@H](C)CC)O[Si](C)(C)C(C)(C)C. The molecule has 0 bridgehead atoms. The van der Waals surface area contributed by atoms with Gasteiger partial charge in [0.15, 0.2) is 47.9 Å². The van der Waals surface area contributed by atoms with Gasteiger partial charge in [-0.1, -0.05) is 144 Å². The van der Waals surface area contributed by atoms with Gasteiger partial charge in [0.2, 0.25) is 0 Å². The quantitative estimate of drug-likeness (QED) is 0.0657. The summed E-state index contributed by atoms with van der Waals surface area (Å²) in [5, 5.41) is 9.60. The molecule has 1 N–H and O–H groups in total. The Morgan fingerprint density at radius 2 is 0.899 bits per heavy atom. The van der Waals surface area contributed by atoms with Crippen LogP contribution >= 0.6 is 0 Å². The highest BCUT2D eigenvalue weighted by Gasteiger charge is 2.56. The molecule has 1 rings (SSSR count). The first kappa shape index (κ1) is 66.8. The highest BCUT2D eigenvalue weighted by Crippen LogP contribution is 2.46. The number of esters is 1. The molecule has 0 amide bonds. The van der Waals surface area contributed by atoms with Crippen molar-refractivity contribution in [2.75, 3.05) is 6.61 Å². The summed E-state index contributed by atoms with van der Waals surface area (Å²) in [6, 6.07) is 0. The van der Waals surface area contributed by atoms with Gasteiger partial charge in [-0.3, -0.25) is 9.59 Å². The summed E-state index contributed by atoms with van der Waals surface area (Å²) in [6.45, 7) is 64.7. The van der Waals surface area contributed by atoms with E-state index in [2.05, 4.69) is 197 Å². The number of carbonyl (C=O) groups is 2. The van der Waals surface area contributed by atoms with Gasteiger partial charge in [0.05, 0.1) is 37.8 Å². The van der Waals surface area contributed by atoms with Gasteiger partial charge in [0.1, 0.15) is 24.4 Å². The summed E-state index contributed by atoms with van der Waals surface area (Å²) in [5.74, 6) is -1.24. The van der Waals surface area contributed by atoms with Gasteiger partial charge >= 0.3 is 11.9 Å². The average molecular weight is 1070 g/mol. The van der Waals surface area contributed by atoms with Crippen molar-refractivity contribution in [2.45, 2.75) is 310 Å². The Hall–Kier alpha value is -0.256. The lowest BCUT2D eigenvalue weighted by Crippen LogP contribution is -2.55. The van der Waals surface area contributed by atoms with Crippen LogP contribution in [0, 0.1) is 11.8 Å². The third-order valence-electron chi connectivity index (χ3n) is 17.6. The van der Waals surface area contributed by atoms with Crippen LogP contribution in [0.2, 0.25) is 90.7 Å². The third kappa shape index (κ3) is 19.4. The summed E-state index contributed by atoms with van der Waals surface area (Å²) >= 11 is 0. The largest absolute Gasteiger partial charge is 0.481 e. The predicted octanol–water partition coefficient (Wildman–Crippen LogP) is 15.3. The lowest BCUT2D eigenvalue weighted by atomic mass is 9.94. The topological polar surface area (TPSA) is 128 Å². The van der Waals surface area contributed by atoms with E-state index in [-0.39, 0.29) is 61.9 Å². The normalized spacial score (nSPS) is 22.5. The summed E-state index contributed by atoms with van der Waals surface area (Å²) < 4.78 is 56.8. The van der Waals surface area contributed by atoms with E-state index in [1.165, 1.54) is 0 Å². The highest BCUT2D eigenvalue weighted by molar-refractivity contribution is 6.75. The first-order valence-corrected chi connectivity index (χ1v) is 41.2. The van der Waals surface area contributed by atoms with E-state index >= 15 is 0 Å². The minimum atomic E-state index is -2.45. The summed E-state index contributed by atoms with van der Waals surface area (Å²) in [7, 11) is -11.8. The maximum atomic E-state index is 14.5. The molecule has 0 saturated carbocycles. The molecule has 3 unspecified atom stereocenters. The number of rotatable bonds is 26. The fourth-order valence-electron chi connectivity index (χ4n) is 6.91. The van der Waals surface area contributed by atoms with Crippen molar-refractivity contribution >= 4 is 53.5 Å². The summed E-state index contributed by atoms with van der Waals surface area (Å²) in [6.07, 6.45) is -1.95. The van der Waals surface area contributed by atoms with Crippen molar-refractivity contribution in [1.29, 1.82) is 0 Å². The molecule has 0 aliphatic carbocycles. The van der Waals surface area contributed by atoms with E-state index in [4.69, 9.17) is 36.3 Å². The van der Waals surface area contributed by atoms with Crippen LogP contribution < -0.4 is 0 Å². The van der Waals surface area contributed by atoms with Crippen molar-refractivity contribution in [3.63, 3.8) is 0 Å². The average Bonchev–Trinajstić information content (AvgIpc) is 3.42. The molecule has 410 valence electrons. The second-order valence-corrected chi connectivity index (χ2v) is 52.4. The van der Waals surface area contributed by atoms with Crippen molar-refractivity contribution in [2.24, 2.45) is 11.8 Å². The van der Waals surface area contributed by atoms with Crippen LogP contribution in [0.3, 0.4) is 0 Å². The van der Waals surface area contributed by atoms with Crippen LogP contribution in [0.5, 0.6) is 0 Å². The molecule has 1 fully saturated rings. The minimum Gasteiger partial charge on any atom is -0.481 e. The number of hydrogen-bond donors (Lipinski definition) is 1. The Bertz CT molecular complexity index is 1600. The highest BCUT2D eigenvalue weighted by atomic mass is 28.4. The maximum Gasteiger partial charge on any atom is 0.308 e. The number of carboxylic acids is 1. The lowest BCUT2D eigenvalue weighted by Gasteiger charge is -2.44. The van der Waals surface area contributed by atoms with Crippen molar-refractivity contribution < 1.29 is 51.0 Å². The molecule has 11 nitrogen and oxygen atoms in total. The lowest BCUT2D eigenvalue weighted by molar-refractivity contribution is -0.205. The first-order valence-electron chi connectivity index (χ1n) is 26.6. The second-order valence-electron chi connectivity index (χ2n) is 28.5.